The number of nitrogens with one attached hydrogen (secondary N) is 1. The molecule has 0 saturated heterocycles. The van der Waals surface area contributed by atoms with E-state index < -0.39 is 0 Å². The summed E-state index contributed by atoms with van der Waals surface area (Å²) in [6, 6.07) is 8.41. The lowest BCUT2D eigenvalue weighted by atomic mass is 9.99. The van der Waals surface area contributed by atoms with E-state index in [0.717, 1.165) is 5.56 Å². The Balaban J connectivity index is 0.00000289. The third-order valence-electron chi connectivity index (χ3n) is 2.85. The second-order valence-electron chi connectivity index (χ2n) is 4.65. The zero-order valence-corrected chi connectivity index (χ0v) is 12.1. The molecular weight excluding hydrogens is 248 g/mol. The lowest BCUT2D eigenvalue weighted by Gasteiger charge is -2.15. The summed E-state index contributed by atoms with van der Waals surface area (Å²) in [6.07, 6.45) is 0.383. The Kier molecular flexibility index (Phi) is 7.64. The van der Waals surface area contributed by atoms with E-state index in [9.17, 15) is 4.79 Å². The lowest BCUT2D eigenvalue weighted by Crippen LogP contribution is -2.28. The van der Waals surface area contributed by atoms with Crippen molar-refractivity contribution in [2.24, 2.45) is 5.73 Å². The molecule has 0 saturated carbocycles. The fraction of sp³-hybridized carbons (Fsp3) is 0.500. The second-order valence-corrected chi connectivity index (χ2v) is 4.65. The molecule has 0 spiro atoms. The second kappa shape index (κ2) is 8.11. The lowest BCUT2D eigenvalue weighted by molar-refractivity contribution is -0.121. The number of hydrogen-bond acceptors (Lipinski definition) is 2. The molecule has 0 bridgehead atoms. The van der Waals surface area contributed by atoms with Crippen LogP contribution < -0.4 is 11.1 Å². The molecule has 1 amide bonds. The number of halogens is 1. The minimum atomic E-state index is 0. The van der Waals surface area contributed by atoms with E-state index in [-0.39, 0.29) is 24.4 Å². The van der Waals surface area contributed by atoms with Gasteiger partial charge in [0, 0.05) is 13.0 Å². The molecule has 1 atom stereocenters. The van der Waals surface area contributed by atoms with Crippen molar-refractivity contribution in [2.75, 3.05) is 6.54 Å². The number of amides is 1. The molecule has 18 heavy (non-hydrogen) atoms. The Morgan fingerprint density at radius 3 is 2.11 bits per heavy atom. The van der Waals surface area contributed by atoms with E-state index in [1.54, 1.807) is 0 Å². The normalized spacial score (nSPS) is 11.8. The summed E-state index contributed by atoms with van der Waals surface area (Å²) in [5.41, 5.74) is 7.78. The molecule has 1 unspecified atom stereocenters. The molecule has 1 aromatic rings. The van der Waals surface area contributed by atoms with Gasteiger partial charge in [0.2, 0.25) is 5.91 Å². The molecule has 0 aliphatic carbocycles. The average molecular weight is 271 g/mol. The molecule has 4 heteroatoms. The summed E-state index contributed by atoms with van der Waals surface area (Å²) < 4.78 is 0. The van der Waals surface area contributed by atoms with Crippen molar-refractivity contribution in [3.8, 4) is 0 Å². The Bertz CT molecular complexity index is 363. The number of carbonyl (C=O) groups excluding carboxylic acids is 1. The molecule has 1 rings (SSSR count). The van der Waals surface area contributed by atoms with Gasteiger partial charge in [-0.2, -0.15) is 0 Å². The van der Waals surface area contributed by atoms with Crippen LogP contribution in [0.2, 0.25) is 0 Å². The molecule has 0 radical (unpaired) electrons. The fourth-order valence-corrected chi connectivity index (χ4v) is 1.70. The van der Waals surface area contributed by atoms with Crippen LogP contribution in [0.4, 0.5) is 0 Å². The van der Waals surface area contributed by atoms with E-state index in [1.807, 2.05) is 6.92 Å². The van der Waals surface area contributed by atoms with E-state index in [1.165, 1.54) is 5.56 Å². The molecular formula is C14H23ClN2O. The number of nitrogens with two attached hydrogens (primary N) is 1. The fourth-order valence-electron chi connectivity index (χ4n) is 1.70. The van der Waals surface area contributed by atoms with Crippen LogP contribution in [0.3, 0.4) is 0 Å². The Morgan fingerprint density at radius 2 is 1.67 bits per heavy atom. The maximum atomic E-state index is 11.4. The highest BCUT2D eigenvalue weighted by atomic mass is 35.5. The van der Waals surface area contributed by atoms with Gasteiger partial charge >= 0.3 is 0 Å². The van der Waals surface area contributed by atoms with Gasteiger partial charge in [-0.25, -0.2) is 0 Å². The molecule has 0 aromatic heterocycles. The number of rotatable bonds is 5. The number of hydrogen-bond donors (Lipinski definition) is 2. The summed E-state index contributed by atoms with van der Waals surface area (Å²) in [4.78, 5) is 11.4. The van der Waals surface area contributed by atoms with Gasteiger partial charge in [0.15, 0.2) is 0 Å². The maximum Gasteiger partial charge on any atom is 0.221 e. The minimum Gasteiger partial charge on any atom is -0.350 e. The van der Waals surface area contributed by atoms with E-state index in [0.29, 0.717) is 18.9 Å². The van der Waals surface area contributed by atoms with Gasteiger partial charge < -0.3 is 11.1 Å². The van der Waals surface area contributed by atoms with Gasteiger partial charge in [-0.3, -0.25) is 4.79 Å². The maximum absolute atomic E-state index is 11.4. The predicted octanol–water partition coefficient (Wildman–Crippen LogP) is 2.76. The van der Waals surface area contributed by atoms with Gasteiger partial charge in [-0.05, 0) is 24.0 Å². The van der Waals surface area contributed by atoms with Crippen LogP contribution in [0.1, 0.15) is 50.3 Å². The van der Waals surface area contributed by atoms with E-state index in [2.05, 4.69) is 43.4 Å². The van der Waals surface area contributed by atoms with Crippen LogP contribution in [0.25, 0.3) is 0 Å². The summed E-state index contributed by atoms with van der Waals surface area (Å²) in [5.74, 6) is 0.541. The number of carbonyl (C=O) groups is 1. The quantitative estimate of drug-likeness (QED) is 0.864. The van der Waals surface area contributed by atoms with E-state index in [4.69, 9.17) is 5.73 Å². The highest BCUT2D eigenvalue weighted by Gasteiger charge is 2.09. The third kappa shape index (κ3) is 5.07. The largest absolute Gasteiger partial charge is 0.350 e. The summed E-state index contributed by atoms with van der Waals surface area (Å²) in [6.45, 7) is 6.71. The Morgan fingerprint density at radius 1 is 1.17 bits per heavy atom. The molecule has 0 fully saturated rings. The first-order valence-electron chi connectivity index (χ1n) is 6.14. The number of benzene rings is 1. The van der Waals surface area contributed by atoms with Crippen LogP contribution in [0.5, 0.6) is 0 Å². The zero-order valence-electron chi connectivity index (χ0n) is 11.3. The standard InChI is InChI=1S/C14H22N2O.ClH/c1-10(2)12-4-6-13(7-5-12)11(3)16-14(17)8-9-15;/h4-7,10-11H,8-9,15H2,1-3H3,(H,16,17);1H. The highest BCUT2D eigenvalue weighted by molar-refractivity contribution is 5.85. The van der Waals surface area contributed by atoms with Gasteiger partial charge in [0.1, 0.15) is 0 Å². The Labute approximate surface area is 116 Å². The first kappa shape index (κ1) is 16.9. The van der Waals surface area contributed by atoms with Crippen molar-refractivity contribution in [1.29, 1.82) is 0 Å². The molecule has 3 N–H and O–H groups in total. The predicted molar refractivity (Wildman–Crippen MR) is 78.0 cm³/mol. The SMILES string of the molecule is CC(C)c1ccc(C(C)NC(=O)CCN)cc1.Cl. The molecule has 0 aliphatic rings. The average Bonchev–Trinajstić information content (AvgIpc) is 2.29. The molecule has 102 valence electrons. The monoisotopic (exact) mass is 270 g/mol. The van der Waals surface area contributed by atoms with Gasteiger partial charge in [-0.15, -0.1) is 12.4 Å². The Hall–Kier alpha value is -1.06. The van der Waals surface area contributed by atoms with Crippen molar-refractivity contribution in [1.82, 2.24) is 5.32 Å². The van der Waals surface area contributed by atoms with Crippen LogP contribution in [0, 0.1) is 0 Å². The van der Waals surface area contributed by atoms with Crippen LogP contribution >= 0.6 is 12.4 Å². The summed E-state index contributed by atoms with van der Waals surface area (Å²) in [7, 11) is 0. The van der Waals surface area contributed by atoms with Crippen LogP contribution in [-0.2, 0) is 4.79 Å². The van der Waals surface area contributed by atoms with Crippen molar-refractivity contribution >= 4 is 18.3 Å². The zero-order chi connectivity index (χ0) is 12.8. The van der Waals surface area contributed by atoms with Gasteiger partial charge in [0.25, 0.3) is 0 Å². The first-order valence-corrected chi connectivity index (χ1v) is 6.14. The van der Waals surface area contributed by atoms with Crippen LogP contribution in [-0.4, -0.2) is 12.5 Å². The topological polar surface area (TPSA) is 55.1 Å². The van der Waals surface area contributed by atoms with Crippen molar-refractivity contribution in [3.05, 3.63) is 35.4 Å². The smallest absolute Gasteiger partial charge is 0.221 e. The van der Waals surface area contributed by atoms with Crippen LogP contribution in [0.15, 0.2) is 24.3 Å². The highest BCUT2D eigenvalue weighted by Crippen LogP contribution is 2.18. The van der Waals surface area contributed by atoms with E-state index >= 15 is 0 Å². The van der Waals surface area contributed by atoms with Gasteiger partial charge in [-0.1, -0.05) is 38.1 Å². The molecule has 3 nitrogen and oxygen atoms in total. The third-order valence-corrected chi connectivity index (χ3v) is 2.85. The molecule has 0 aliphatic heterocycles. The first-order chi connectivity index (χ1) is 8.04. The van der Waals surface area contributed by atoms with Gasteiger partial charge in [0.05, 0.1) is 6.04 Å². The summed E-state index contributed by atoms with van der Waals surface area (Å²) >= 11 is 0. The van der Waals surface area contributed by atoms with Crippen molar-refractivity contribution in [2.45, 2.75) is 39.2 Å². The minimum absolute atomic E-state index is 0. The molecule has 0 heterocycles. The summed E-state index contributed by atoms with van der Waals surface area (Å²) in [5, 5.41) is 2.93. The molecule has 1 aromatic carbocycles. The van der Waals surface area contributed by atoms with Crippen molar-refractivity contribution in [3.63, 3.8) is 0 Å². The van der Waals surface area contributed by atoms with Crippen molar-refractivity contribution < 1.29 is 4.79 Å².